The van der Waals surface area contributed by atoms with Crippen molar-refractivity contribution in [2.75, 3.05) is 12.4 Å². The second-order valence-corrected chi connectivity index (χ2v) is 8.81. The van der Waals surface area contributed by atoms with Gasteiger partial charge in [-0.2, -0.15) is 0 Å². The third-order valence-electron chi connectivity index (χ3n) is 4.20. The third-order valence-corrected chi connectivity index (χ3v) is 6.35. The molecule has 0 radical (unpaired) electrons. The fraction of sp³-hybridized carbons (Fsp3) is 0.143. The van der Waals surface area contributed by atoms with Crippen molar-refractivity contribution in [2.24, 2.45) is 0 Å². The molecular formula is C21H17ClN4O2S2. The van der Waals surface area contributed by atoms with Crippen molar-refractivity contribution < 1.29 is 9.53 Å². The Hall–Kier alpha value is -2.68. The maximum atomic E-state index is 12.8. The van der Waals surface area contributed by atoms with Gasteiger partial charge in [0, 0.05) is 5.75 Å². The highest BCUT2D eigenvalue weighted by Crippen LogP contribution is 2.30. The predicted molar refractivity (Wildman–Crippen MR) is 122 cm³/mol. The van der Waals surface area contributed by atoms with Crippen LogP contribution in [0.2, 0.25) is 5.02 Å². The number of nitrogens with zero attached hydrogens (tertiary/aromatic N) is 3. The zero-order valence-electron chi connectivity index (χ0n) is 16.2. The number of benzene rings is 2. The van der Waals surface area contributed by atoms with E-state index in [9.17, 15) is 4.79 Å². The van der Waals surface area contributed by atoms with E-state index < -0.39 is 5.91 Å². The molecule has 30 heavy (non-hydrogen) atoms. The van der Waals surface area contributed by atoms with Gasteiger partial charge < -0.3 is 4.74 Å². The summed E-state index contributed by atoms with van der Waals surface area (Å²) >= 11 is 8.99. The lowest BCUT2D eigenvalue weighted by atomic mass is 10.2. The summed E-state index contributed by atoms with van der Waals surface area (Å²) in [5.74, 6) is 1.01. The average molecular weight is 457 g/mol. The first-order valence-corrected chi connectivity index (χ1v) is 11.2. The number of halogens is 1. The fourth-order valence-electron chi connectivity index (χ4n) is 2.77. The Bertz CT molecular complexity index is 1230. The van der Waals surface area contributed by atoms with Gasteiger partial charge in [-0.25, -0.2) is 15.0 Å². The maximum absolute atomic E-state index is 12.8. The van der Waals surface area contributed by atoms with Crippen LogP contribution in [0.5, 0.6) is 5.75 Å². The summed E-state index contributed by atoms with van der Waals surface area (Å²) < 4.78 is 6.14. The highest BCUT2D eigenvalue weighted by atomic mass is 35.5. The molecule has 0 aliphatic rings. The van der Waals surface area contributed by atoms with Crippen LogP contribution in [-0.2, 0) is 5.75 Å². The number of carbonyl (C=O) groups is 1. The molecule has 0 unspecified atom stereocenters. The van der Waals surface area contributed by atoms with Gasteiger partial charge in [0.1, 0.15) is 5.75 Å². The van der Waals surface area contributed by atoms with Crippen molar-refractivity contribution >= 4 is 56.0 Å². The summed E-state index contributed by atoms with van der Waals surface area (Å²) in [6, 6.07) is 13.8. The number of nitrogens with one attached hydrogen (secondary N) is 1. The van der Waals surface area contributed by atoms with Gasteiger partial charge in [0.05, 0.1) is 28.5 Å². The molecule has 0 bridgehead atoms. The number of aromatic nitrogens is 3. The number of aryl methyl sites for hydroxylation is 1. The molecule has 9 heteroatoms. The van der Waals surface area contributed by atoms with Crippen LogP contribution in [0.15, 0.2) is 53.8 Å². The molecule has 0 atom stereocenters. The lowest BCUT2D eigenvalue weighted by molar-refractivity contribution is 0.102. The van der Waals surface area contributed by atoms with Crippen LogP contribution in [0.25, 0.3) is 10.2 Å². The zero-order chi connectivity index (χ0) is 21.1. The first-order chi connectivity index (χ1) is 14.5. The van der Waals surface area contributed by atoms with Gasteiger partial charge in [-0.05, 0) is 30.7 Å². The van der Waals surface area contributed by atoms with Gasteiger partial charge in [0.15, 0.2) is 16.0 Å². The fourth-order valence-corrected chi connectivity index (χ4v) is 4.60. The van der Waals surface area contributed by atoms with Crippen LogP contribution < -0.4 is 10.1 Å². The number of hydrogen-bond acceptors (Lipinski definition) is 7. The SMILES string of the molecule is COc1ccc2nc(NC(=O)c3nc(SCc4cccc(C)c4)ncc3Cl)sc2c1. The Kier molecular flexibility index (Phi) is 6.17. The smallest absolute Gasteiger partial charge is 0.277 e. The van der Waals surface area contributed by atoms with Crippen molar-refractivity contribution in [3.8, 4) is 5.75 Å². The van der Waals surface area contributed by atoms with E-state index in [0.717, 1.165) is 21.5 Å². The van der Waals surface area contributed by atoms with E-state index in [4.69, 9.17) is 16.3 Å². The van der Waals surface area contributed by atoms with E-state index in [-0.39, 0.29) is 10.7 Å². The molecule has 0 aliphatic carbocycles. The Labute approximate surface area is 186 Å². The van der Waals surface area contributed by atoms with Gasteiger partial charge in [-0.1, -0.05) is 64.5 Å². The lowest BCUT2D eigenvalue weighted by Crippen LogP contribution is -2.15. The van der Waals surface area contributed by atoms with E-state index in [1.807, 2.05) is 43.3 Å². The molecule has 6 nitrogen and oxygen atoms in total. The Balaban J connectivity index is 1.50. The van der Waals surface area contributed by atoms with Gasteiger partial charge in [-0.3, -0.25) is 10.1 Å². The molecule has 0 saturated carbocycles. The van der Waals surface area contributed by atoms with Crippen LogP contribution in [0.1, 0.15) is 21.6 Å². The standard InChI is InChI=1S/C21H17ClN4O2S2/c1-12-4-3-5-13(8-12)11-29-20-23-10-15(22)18(25-20)19(27)26-21-24-16-7-6-14(28-2)9-17(16)30-21/h3-10H,11H2,1-2H3,(H,24,26,27). The van der Waals surface area contributed by atoms with E-state index in [1.54, 1.807) is 7.11 Å². The predicted octanol–water partition coefficient (Wildman–Crippen LogP) is 5.60. The maximum Gasteiger partial charge on any atom is 0.277 e. The minimum Gasteiger partial charge on any atom is -0.497 e. The molecular weight excluding hydrogens is 440 g/mol. The Morgan fingerprint density at radius 1 is 1.23 bits per heavy atom. The number of ether oxygens (including phenoxy) is 1. The van der Waals surface area contributed by atoms with Gasteiger partial charge >= 0.3 is 0 Å². The molecule has 4 aromatic rings. The number of thioether (sulfide) groups is 1. The number of hydrogen-bond donors (Lipinski definition) is 1. The molecule has 0 spiro atoms. The summed E-state index contributed by atoms with van der Waals surface area (Å²) in [5.41, 5.74) is 3.25. The van der Waals surface area contributed by atoms with Crippen LogP contribution in [0.4, 0.5) is 5.13 Å². The molecule has 1 amide bonds. The highest BCUT2D eigenvalue weighted by molar-refractivity contribution is 7.98. The number of amides is 1. The van der Waals surface area contributed by atoms with E-state index in [2.05, 4.69) is 26.3 Å². The molecule has 0 saturated heterocycles. The number of fused-ring (bicyclic) bond motifs is 1. The van der Waals surface area contributed by atoms with E-state index >= 15 is 0 Å². The number of methoxy groups -OCH3 is 1. The normalized spacial score (nSPS) is 10.9. The third kappa shape index (κ3) is 4.72. The van der Waals surface area contributed by atoms with Crippen molar-refractivity contribution in [1.82, 2.24) is 15.0 Å². The topological polar surface area (TPSA) is 77.0 Å². The van der Waals surface area contributed by atoms with Crippen LogP contribution >= 0.6 is 34.7 Å². The summed E-state index contributed by atoms with van der Waals surface area (Å²) in [6.07, 6.45) is 1.45. The number of rotatable bonds is 6. The van der Waals surface area contributed by atoms with E-state index in [0.29, 0.717) is 16.0 Å². The number of thiazole rings is 1. The summed E-state index contributed by atoms with van der Waals surface area (Å²) in [5, 5.41) is 3.92. The molecule has 1 N–H and O–H groups in total. The minimum atomic E-state index is -0.425. The molecule has 152 valence electrons. The summed E-state index contributed by atoms with van der Waals surface area (Å²) in [6.45, 7) is 2.05. The summed E-state index contributed by atoms with van der Waals surface area (Å²) in [4.78, 5) is 25.8. The first kappa shape index (κ1) is 20.6. The highest BCUT2D eigenvalue weighted by Gasteiger charge is 2.17. The molecule has 0 aliphatic heterocycles. The Morgan fingerprint density at radius 2 is 2.10 bits per heavy atom. The quantitative estimate of drug-likeness (QED) is 0.300. The number of carbonyl (C=O) groups excluding carboxylic acids is 1. The second-order valence-electron chi connectivity index (χ2n) is 6.43. The van der Waals surface area contributed by atoms with Gasteiger partial charge in [0.2, 0.25) is 0 Å². The number of anilines is 1. The van der Waals surface area contributed by atoms with Crippen molar-refractivity contribution in [3.63, 3.8) is 0 Å². The van der Waals surface area contributed by atoms with Crippen molar-refractivity contribution in [2.45, 2.75) is 17.8 Å². The zero-order valence-corrected chi connectivity index (χ0v) is 18.6. The molecule has 2 heterocycles. The molecule has 2 aromatic heterocycles. The first-order valence-electron chi connectivity index (χ1n) is 8.98. The largest absolute Gasteiger partial charge is 0.497 e. The van der Waals surface area contributed by atoms with Crippen molar-refractivity contribution in [1.29, 1.82) is 0 Å². The van der Waals surface area contributed by atoms with E-state index in [1.165, 1.54) is 34.9 Å². The minimum absolute atomic E-state index is 0.121. The van der Waals surface area contributed by atoms with Gasteiger partial charge in [0.25, 0.3) is 5.91 Å². The Morgan fingerprint density at radius 3 is 2.90 bits per heavy atom. The molecule has 4 rings (SSSR count). The monoisotopic (exact) mass is 456 g/mol. The average Bonchev–Trinajstić information content (AvgIpc) is 3.14. The molecule has 0 fully saturated rings. The second kappa shape index (κ2) is 8.99. The molecule has 2 aromatic carbocycles. The van der Waals surface area contributed by atoms with Crippen LogP contribution in [0, 0.1) is 6.92 Å². The van der Waals surface area contributed by atoms with Crippen molar-refractivity contribution in [3.05, 3.63) is 70.5 Å². The van der Waals surface area contributed by atoms with Crippen LogP contribution in [0.3, 0.4) is 0 Å². The van der Waals surface area contributed by atoms with Gasteiger partial charge in [-0.15, -0.1) is 0 Å². The summed E-state index contributed by atoms with van der Waals surface area (Å²) in [7, 11) is 1.61. The lowest BCUT2D eigenvalue weighted by Gasteiger charge is -2.06. The van der Waals surface area contributed by atoms with Crippen LogP contribution in [-0.4, -0.2) is 28.0 Å².